The van der Waals surface area contributed by atoms with E-state index in [4.69, 9.17) is 0 Å². The first-order valence-corrected chi connectivity index (χ1v) is 8.25. The fourth-order valence-corrected chi connectivity index (χ4v) is 3.10. The molecule has 2 aromatic carbocycles. The maximum Gasteiger partial charge on any atom is 0.262 e. The second-order valence-electron chi connectivity index (χ2n) is 6.52. The molecule has 25 heavy (non-hydrogen) atoms. The van der Waals surface area contributed by atoms with Gasteiger partial charge in [0, 0.05) is 5.69 Å². The lowest BCUT2D eigenvalue weighted by Gasteiger charge is -2.28. The molecule has 0 bridgehead atoms. The smallest absolute Gasteiger partial charge is 0.262 e. The molecule has 0 radical (unpaired) electrons. The zero-order valence-corrected chi connectivity index (χ0v) is 14.4. The van der Waals surface area contributed by atoms with E-state index in [9.17, 15) is 14.4 Å². The van der Waals surface area contributed by atoms with Crippen molar-refractivity contribution in [2.24, 2.45) is 5.92 Å². The Kier molecular flexibility index (Phi) is 4.40. The largest absolute Gasteiger partial charge is 0.324 e. The maximum atomic E-state index is 12.9. The molecule has 1 atom stereocenters. The van der Waals surface area contributed by atoms with Gasteiger partial charge in [-0.25, -0.2) is 0 Å². The lowest BCUT2D eigenvalue weighted by Crippen LogP contribution is -2.50. The predicted molar refractivity (Wildman–Crippen MR) is 95.4 cm³/mol. The molecular weight excluding hydrogens is 316 g/mol. The highest BCUT2D eigenvalue weighted by Crippen LogP contribution is 2.28. The number of fused-ring (bicyclic) bond motifs is 1. The van der Waals surface area contributed by atoms with Crippen molar-refractivity contribution in [1.29, 1.82) is 0 Å². The quantitative estimate of drug-likeness (QED) is 0.872. The van der Waals surface area contributed by atoms with Crippen LogP contribution in [0.5, 0.6) is 0 Å². The van der Waals surface area contributed by atoms with Crippen LogP contribution < -0.4 is 5.32 Å². The SMILES string of the molecule is Cc1ccccc1NC(=O)[C@H](C(C)C)N1C(=O)c2ccccc2C1=O. The number of rotatable bonds is 4. The summed E-state index contributed by atoms with van der Waals surface area (Å²) in [5.41, 5.74) is 2.29. The van der Waals surface area contributed by atoms with Crippen LogP contribution in [0.15, 0.2) is 48.5 Å². The molecule has 0 aliphatic carbocycles. The van der Waals surface area contributed by atoms with Crippen molar-refractivity contribution >= 4 is 23.4 Å². The number of nitrogens with zero attached hydrogens (tertiary/aromatic N) is 1. The van der Waals surface area contributed by atoms with E-state index in [-0.39, 0.29) is 11.8 Å². The van der Waals surface area contributed by atoms with Crippen LogP contribution in [0, 0.1) is 12.8 Å². The number of para-hydroxylation sites is 1. The fourth-order valence-electron chi connectivity index (χ4n) is 3.10. The van der Waals surface area contributed by atoms with Gasteiger partial charge in [-0.3, -0.25) is 19.3 Å². The summed E-state index contributed by atoms with van der Waals surface area (Å²) < 4.78 is 0. The van der Waals surface area contributed by atoms with Gasteiger partial charge in [0.1, 0.15) is 6.04 Å². The van der Waals surface area contributed by atoms with Crippen molar-refractivity contribution in [3.8, 4) is 0 Å². The van der Waals surface area contributed by atoms with Gasteiger partial charge in [0.15, 0.2) is 0 Å². The third-order valence-electron chi connectivity index (χ3n) is 4.41. The van der Waals surface area contributed by atoms with Gasteiger partial charge in [-0.2, -0.15) is 0 Å². The molecule has 5 heteroatoms. The molecule has 3 amide bonds. The number of imide groups is 1. The lowest BCUT2D eigenvalue weighted by molar-refractivity contribution is -0.121. The molecule has 1 aliphatic heterocycles. The first-order chi connectivity index (χ1) is 11.9. The van der Waals surface area contributed by atoms with Gasteiger partial charge in [0.05, 0.1) is 11.1 Å². The number of nitrogens with one attached hydrogen (secondary N) is 1. The molecule has 5 nitrogen and oxygen atoms in total. The van der Waals surface area contributed by atoms with Crippen molar-refractivity contribution < 1.29 is 14.4 Å². The normalized spacial score (nSPS) is 14.6. The average Bonchev–Trinajstić information content (AvgIpc) is 2.83. The minimum Gasteiger partial charge on any atom is -0.324 e. The second-order valence-corrected chi connectivity index (χ2v) is 6.52. The van der Waals surface area contributed by atoms with Crippen molar-refractivity contribution in [2.75, 3.05) is 5.32 Å². The fraction of sp³-hybridized carbons (Fsp3) is 0.250. The van der Waals surface area contributed by atoms with Gasteiger partial charge in [-0.05, 0) is 36.6 Å². The van der Waals surface area contributed by atoms with Crippen molar-refractivity contribution in [1.82, 2.24) is 4.90 Å². The number of amides is 3. The van der Waals surface area contributed by atoms with Gasteiger partial charge in [0.25, 0.3) is 11.8 Å². The number of carbonyl (C=O) groups is 3. The lowest BCUT2D eigenvalue weighted by atomic mass is 10.0. The predicted octanol–water partition coefficient (Wildman–Crippen LogP) is 3.25. The molecule has 0 aromatic heterocycles. The van der Waals surface area contributed by atoms with Gasteiger partial charge >= 0.3 is 0 Å². The highest BCUT2D eigenvalue weighted by molar-refractivity contribution is 6.23. The molecule has 0 spiro atoms. The van der Waals surface area contributed by atoms with E-state index in [1.54, 1.807) is 30.3 Å². The molecule has 0 saturated carbocycles. The Morgan fingerprint density at radius 1 is 0.920 bits per heavy atom. The molecular formula is C20H20N2O3. The molecule has 2 aromatic rings. The van der Waals surface area contributed by atoms with Crippen molar-refractivity contribution in [3.05, 3.63) is 65.2 Å². The summed E-state index contributed by atoms with van der Waals surface area (Å²) in [5, 5.41) is 2.85. The summed E-state index contributed by atoms with van der Waals surface area (Å²) in [6.07, 6.45) is 0. The Balaban J connectivity index is 1.92. The number of benzene rings is 2. The molecule has 128 valence electrons. The first kappa shape index (κ1) is 16.9. The van der Waals surface area contributed by atoms with Crippen molar-refractivity contribution in [3.63, 3.8) is 0 Å². The monoisotopic (exact) mass is 336 g/mol. The van der Waals surface area contributed by atoms with Gasteiger partial charge in [0.2, 0.25) is 5.91 Å². The van der Waals surface area contributed by atoms with E-state index in [0.29, 0.717) is 16.8 Å². The molecule has 1 heterocycles. The topological polar surface area (TPSA) is 66.5 Å². The Morgan fingerprint density at radius 3 is 1.96 bits per heavy atom. The maximum absolute atomic E-state index is 12.9. The number of anilines is 1. The Labute approximate surface area is 146 Å². The van der Waals surface area contributed by atoms with E-state index in [1.165, 1.54) is 0 Å². The number of hydrogen-bond donors (Lipinski definition) is 1. The highest BCUT2D eigenvalue weighted by Gasteiger charge is 2.43. The molecule has 0 fully saturated rings. The zero-order valence-electron chi connectivity index (χ0n) is 14.4. The van der Waals surface area contributed by atoms with Crippen LogP contribution in [-0.2, 0) is 4.79 Å². The van der Waals surface area contributed by atoms with Crippen molar-refractivity contribution in [2.45, 2.75) is 26.8 Å². The van der Waals surface area contributed by atoms with Crippen LogP contribution in [-0.4, -0.2) is 28.7 Å². The average molecular weight is 336 g/mol. The van der Waals surface area contributed by atoms with E-state index in [1.807, 2.05) is 39.0 Å². The van der Waals surface area contributed by atoms with Gasteiger partial charge < -0.3 is 5.32 Å². The van der Waals surface area contributed by atoms with Crippen LogP contribution in [0.1, 0.15) is 40.1 Å². The minimum atomic E-state index is -0.869. The van der Waals surface area contributed by atoms with Crippen LogP contribution in [0.2, 0.25) is 0 Å². The summed E-state index contributed by atoms with van der Waals surface area (Å²) in [7, 11) is 0. The summed E-state index contributed by atoms with van der Waals surface area (Å²) in [6, 6.07) is 13.2. The Morgan fingerprint density at radius 2 is 1.44 bits per heavy atom. The molecule has 1 aliphatic rings. The van der Waals surface area contributed by atoms with E-state index >= 15 is 0 Å². The third-order valence-corrected chi connectivity index (χ3v) is 4.41. The van der Waals surface area contributed by atoms with Crippen LogP contribution in [0.3, 0.4) is 0 Å². The minimum absolute atomic E-state index is 0.216. The van der Waals surface area contributed by atoms with Gasteiger partial charge in [-0.1, -0.05) is 44.2 Å². The summed E-state index contributed by atoms with van der Waals surface area (Å²) in [5.74, 6) is -1.41. The molecule has 1 N–H and O–H groups in total. The third kappa shape index (κ3) is 2.93. The van der Waals surface area contributed by atoms with E-state index in [0.717, 1.165) is 10.5 Å². The van der Waals surface area contributed by atoms with Crippen LogP contribution >= 0.6 is 0 Å². The Hall–Kier alpha value is -2.95. The number of aryl methyl sites for hydroxylation is 1. The standard InChI is InChI=1S/C20H20N2O3/c1-12(2)17(18(23)21-16-11-7-4-8-13(16)3)22-19(24)14-9-5-6-10-15(14)20(22)25/h4-12,17H,1-3H3,(H,21,23)/t17-/m0/s1. The van der Waals surface area contributed by atoms with Crippen LogP contribution in [0.4, 0.5) is 5.69 Å². The number of hydrogen-bond acceptors (Lipinski definition) is 3. The zero-order chi connectivity index (χ0) is 18.1. The molecule has 3 rings (SSSR count). The summed E-state index contributed by atoms with van der Waals surface area (Å²) in [6.45, 7) is 5.54. The first-order valence-electron chi connectivity index (χ1n) is 8.25. The highest BCUT2D eigenvalue weighted by atomic mass is 16.2. The summed E-state index contributed by atoms with van der Waals surface area (Å²) in [4.78, 5) is 39.4. The molecule has 0 saturated heterocycles. The van der Waals surface area contributed by atoms with E-state index < -0.39 is 17.9 Å². The van der Waals surface area contributed by atoms with Gasteiger partial charge in [-0.15, -0.1) is 0 Å². The van der Waals surface area contributed by atoms with E-state index in [2.05, 4.69) is 5.32 Å². The summed E-state index contributed by atoms with van der Waals surface area (Å²) >= 11 is 0. The van der Waals surface area contributed by atoms with Crippen LogP contribution in [0.25, 0.3) is 0 Å². The molecule has 0 unspecified atom stereocenters. The number of carbonyl (C=O) groups excluding carboxylic acids is 3. The Bertz CT molecular complexity index is 823. The second kappa shape index (κ2) is 6.51.